The van der Waals surface area contributed by atoms with Gasteiger partial charge >= 0.3 is 6.09 Å². The number of para-hydroxylation sites is 1. The van der Waals surface area contributed by atoms with Crippen LogP contribution in [0.4, 0.5) is 10.5 Å². The van der Waals surface area contributed by atoms with E-state index in [0.717, 1.165) is 5.56 Å². The molecule has 0 aromatic heterocycles. The van der Waals surface area contributed by atoms with Crippen molar-refractivity contribution in [2.45, 2.75) is 32.8 Å². The maximum absolute atomic E-state index is 12.3. The first-order valence-corrected chi connectivity index (χ1v) is 6.87. The number of rotatable bonds is 0. The zero-order valence-corrected chi connectivity index (χ0v) is 12.6. The van der Waals surface area contributed by atoms with Gasteiger partial charge in [0.05, 0.1) is 22.7 Å². The Bertz CT molecular complexity index is 572. The Morgan fingerprint density at radius 1 is 1.50 bits per heavy atom. The molecule has 0 aliphatic carbocycles. The lowest BCUT2D eigenvalue weighted by molar-refractivity contribution is 0.0574. The second kappa shape index (κ2) is 5.34. The molecule has 1 atom stereocenters. The zero-order valence-electron chi connectivity index (χ0n) is 11.8. The minimum absolute atomic E-state index is 0.242. The number of benzene rings is 1. The first kappa shape index (κ1) is 14.7. The van der Waals surface area contributed by atoms with Crippen molar-refractivity contribution >= 4 is 23.4 Å². The van der Waals surface area contributed by atoms with Crippen LogP contribution in [0.1, 0.15) is 26.3 Å². The molecule has 0 radical (unpaired) electrons. The smallest absolute Gasteiger partial charge is 0.414 e. The van der Waals surface area contributed by atoms with Crippen molar-refractivity contribution in [3.63, 3.8) is 0 Å². The Morgan fingerprint density at radius 2 is 2.20 bits per heavy atom. The van der Waals surface area contributed by atoms with Gasteiger partial charge in [0.15, 0.2) is 0 Å². The van der Waals surface area contributed by atoms with Crippen LogP contribution in [0.25, 0.3) is 0 Å². The molecule has 0 fully saturated rings. The highest BCUT2D eigenvalue weighted by atomic mass is 35.5. The van der Waals surface area contributed by atoms with E-state index in [9.17, 15) is 4.79 Å². The summed E-state index contributed by atoms with van der Waals surface area (Å²) in [5.74, 6) is -0.242. The predicted molar refractivity (Wildman–Crippen MR) is 77.8 cm³/mol. The Balaban J connectivity index is 2.39. The number of amides is 1. The molecule has 5 heteroatoms. The van der Waals surface area contributed by atoms with Crippen LogP contribution in [0, 0.1) is 17.2 Å². The van der Waals surface area contributed by atoms with Gasteiger partial charge in [0.2, 0.25) is 0 Å². The molecule has 0 saturated heterocycles. The van der Waals surface area contributed by atoms with Crippen molar-refractivity contribution in [3.8, 4) is 6.07 Å². The van der Waals surface area contributed by atoms with Crippen LogP contribution < -0.4 is 4.90 Å². The number of ether oxygens (including phenoxy) is 1. The molecule has 1 aromatic carbocycles. The molecule has 1 aliphatic rings. The lowest BCUT2D eigenvalue weighted by atomic mass is 9.94. The van der Waals surface area contributed by atoms with E-state index in [2.05, 4.69) is 6.07 Å². The summed E-state index contributed by atoms with van der Waals surface area (Å²) in [7, 11) is 0. The summed E-state index contributed by atoms with van der Waals surface area (Å²) >= 11 is 6.21. The van der Waals surface area contributed by atoms with Gasteiger partial charge in [-0.3, -0.25) is 4.90 Å². The van der Waals surface area contributed by atoms with Crippen LogP contribution in [-0.2, 0) is 11.2 Å². The lowest BCUT2D eigenvalue weighted by Crippen LogP contribution is -2.43. The number of fused-ring (bicyclic) bond motifs is 1. The highest BCUT2D eigenvalue weighted by Crippen LogP contribution is 2.36. The summed E-state index contributed by atoms with van der Waals surface area (Å²) in [6.07, 6.45) is 0.137. The summed E-state index contributed by atoms with van der Waals surface area (Å²) in [4.78, 5) is 13.8. The summed E-state index contributed by atoms with van der Waals surface area (Å²) in [6.45, 7) is 5.74. The summed E-state index contributed by atoms with van der Waals surface area (Å²) in [6, 6.07) is 7.68. The second-order valence-corrected chi connectivity index (χ2v) is 6.28. The highest BCUT2D eigenvalue weighted by molar-refractivity contribution is 6.34. The van der Waals surface area contributed by atoms with Crippen LogP contribution in [0.3, 0.4) is 0 Å². The number of nitriles is 1. The third-order valence-electron chi connectivity index (χ3n) is 3.01. The second-order valence-electron chi connectivity index (χ2n) is 5.87. The molecular formula is C15H17ClN2O2. The van der Waals surface area contributed by atoms with Gasteiger partial charge in [0.25, 0.3) is 0 Å². The van der Waals surface area contributed by atoms with Gasteiger partial charge in [0, 0.05) is 6.54 Å². The first-order valence-electron chi connectivity index (χ1n) is 6.49. The molecule has 0 N–H and O–H groups in total. The minimum Gasteiger partial charge on any atom is -0.443 e. The fourth-order valence-electron chi connectivity index (χ4n) is 2.24. The summed E-state index contributed by atoms with van der Waals surface area (Å²) in [5.41, 5.74) is 0.981. The average Bonchev–Trinajstić information content (AvgIpc) is 2.35. The fraction of sp³-hybridized carbons (Fsp3) is 0.467. The standard InChI is InChI=1S/C15H17ClN2O2/c1-15(2,3)20-14(19)18-9-10(8-17)7-11-5-4-6-12(16)13(11)18/h4-6,10H,7,9H2,1-3H3. The Hall–Kier alpha value is -1.73. The van der Waals surface area contributed by atoms with E-state index < -0.39 is 11.7 Å². The quantitative estimate of drug-likeness (QED) is 0.731. The number of carbonyl (C=O) groups is 1. The van der Waals surface area contributed by atoms with Crippen molar-refractivity contribution in [2.75, 3.05) is 11.4 Å². The first-order chi connectivity index (χ1) is 9.31. The van der Waals surface area contributed by atoms with Crippen LogP contribution in [0.5, 0.6) is 0 Å². The van der Waals surface area contributed by atoms with E-state index in [4.69, 9.17) is 21.6 Å². The molecule has 1 heterocycles. The largest absolute Gasteiger partial charge is 0.443 e. The normalized spacial score (nSPS) is 18.1. The topological polar surface area (TPSA) is 53.3 Å². The monoisotopic (exact) mass is 292 g/mol. The van der Waals surface area contributed by atoms with Crippen molar-refractivity contribution in [1.29, 1.82) is 5.26 Å². The van der Waals surface area contributed by atoms with Gasteiger partial charge in [-0.05, 0) is 38.8 Å². The van der Waals surface area contributed by atoms with Crippen molar-refractivity contribution in [3.05, 3.63) is 28.8 Å². The third-order valence-corrected chi connectivity index (χ3v) is 3.31. The van der Waals surface area contributed by atoms with Gasteiger partial charge in [-0.2, -0.15) is 5.26 Å². The van der Waals surface area contributed by atoms with E-state index >= 15 is 0 Å². The Kier molecular flexibility index (Phi) is 3.92. The van der Waals surface area contributed by atoms with Crippen LogP contribution >= 0.6 is 11.6 Å². The maximum atomic E-state index is 12.3. The molecule has 1 aliphatic heterocycles. The molecule has 0 bridgehead atoms. The van der Waals surface area contributed by atoms with Crippen molar-refractivity contribution in [2.24, 2.45) is 5.92 Å². The Labute approximate surface area is 123 Å². The molecule has 1 amide bonds. The predicted octanol–water partition coefficient (Wildman–Crippen LogP) is 3.78. The molecule has 4 nitrogen and oxygen atoms in total. The van der Waals surface area contributed by atoms with Crippen LogP contribution in [0.2, 0.25) is 5.02 Å². The number of hydrogen-bond acceptors (Lipinski definition) is 3. The molecule has 106 valence electrons. The summed E-state index contributed by atoms with van der Waals surface area (Å²) < 4.78 is 5.40. The van der Waals surface area contributed by atoms with Gasteiger partial charge in [-0.25, -0.2) is 4.79 Å². The molecule has 0 saturated carbocycles. The van der Waals surface area contributed by atoms with E-state index in [0.29, 0.717) is 23.7 Å². The minimum atomic E-state index is -0.585. The molecule has 2 rings (SSSR count). The maximum Gasteiger partial charge on any atom is 0.414 e. The highest BCUT2D eigenvalue weighted by Gasteiger charge is 2.32. The van der Waals surface area contributed by atoms with Crippen molar-refractivity contribution in [1.82, 2.24) is 0 Å². The molecule has 0 spiro atoms. The number of anilines is 1. The van der Waals surface area contributed by atoms with E-state index in [1.807, 2.05) is 32.9 Å². The van der Waals surface area contributed by atoms with Gasteiger partial charge in [0.1, 0.15) is 5.60 Å². The molecular weight excluding hydrogens is 276 g/mol. The van der Waals surface area contributed by atoms with Gasteiger partial charge in [-0.15, -0.1) is 0 Å². The third kappa shape index (κ3) is 3.05. The van der Waals surface area contributed by atoms with Crippen LogP contribution in [0.15, 0.2) is 18.2 Å². The fourth-order valence-corrected chi connectivity index (χ4v) is 2.53. The van der Waals surface area contributed by atoms with E-state index in [1.54, 1.807) is 6.07 Å². The number of hydrogen-bond donors (Lipinski definition) is 0. The van der Waals surface area contributed by atoms with Gasteiger partial charge in [-0.1, -0.05) is 23.7 Å². The molecule has 1 unspecified atom stereocenters. The van der Waals surface area contributed by atoms with Gasteiger partial charge < -0.3 is 4.74 Å². The number of nitrogens with zero attached hydrogens (tertiary/aromatic N) is 2. The number of halogens is 1. The van der Waals surface area contributed by atoms with E-state index in [-0.39, 0.29) is 5.92 Å². The SMILES string of the molecule is CC(C)(C)OC(=O)N1CC(C#N)Cc2cccc(Cl)c21. The number of carbonyl (C=O) groups excluding carboxylic acids is 1. The zero-order chi connectivity index (χ0) is 14.9. The van der Waals surface area contributed by atoms with E-state index in [1.165, 1.54) is 4.90 Å². The average molecular weight is 293 g/mol. The summed E-state index contributed by atoms with van der Waals surface area (Å²) in [5, 5.41) is 9.66. The lowest BCUT2D eigenvalue weighted by Gasteiger charge is -2.34. The van der Waals surface area contributed by atoms with Crippen LogP contribution in [-0.4, -0.2) is 18.2 Å². The molecule has 20 heavy (non-hydrogen) atoms. The Morgan fingerprint density at radius 3 is 2.80 bits per heavy atom. The molecule has 1 aromatic rings. The van der Waals surface area contributed by atoms with Crippen molar-refractivity contribution < 1.29 is 9.53 Å².